The Kier molecular flexibility index (Phi) is 5.33. The summed E-state index contributed by atoms with van der Waals surface area (Å²) in [5.74, 6) is 0. The van der Waals surface area contributed by atoms with Crippen LogP contribution in [-0.4, -0.2) is 4.57 Å². The summed E-state index contributed by atoms with van der Waals surface area (Å²) in [5.41, 5.74) is 9.46. The molecular weight excluding hydrogens is 502 g/mol. The largest absolute Gasteiger partial charge is 0.309 e. The summed E-state index contributed by atoms with van der Waals surface area (Å²) in [6.45, 7) is 4.25. The van der Waals surface area contributed by atoms with Crippen molar-refractivity contribution in [3.8, 4) is 16.8 Å². The van der Waals surface area contributed by atoms with E-state index < -0.39 is 0 Å². The minimum Gasteiger partial charge on any atom is -0.309 e. The average molecular weight is 532 g/mol. The Labute approximate surface area is 237 Å². The fourth-order valence-electron chi connectivity index (χ4n) is 6.69. The van der Waals surface area contributed by atoms with Crippen LogP contribution in [-0.2, 0) is 6.42 Å². The van der Waals surface area contributed by atoms with Gasteiger partial charge in [0.2, 0.25) is 0 Å². The first-order chi connectivity index (χ1) is 19.8. The van der Waals surface area contributed by atoms with Crippen molar-refractivity contribution in [2.24, 2.45) is 0 Å². The van der Waals surface area contributed by atoms with Gasteiger partial charge in [0.1, 0.15) is 0 Å². The molecule has 9 rings (SSSR count). The van der Waals surface area contributed by atoms with Gasteiger partial charge in [0.25, 0.3) is 0 Å². The first-order valence-electron chi connectivity index (χ1n) is 14.2. The summed E-state index contributed by atoms with van der Waals surface area (Å²) in [7, 11) is 0. The van der Waals surface area contributed by atoms with Crippen molar-refractivity contribution in [3.63, 3.8) is 0 Å². The summed E-state index contributed by atoms with van der Waals surface area (Å²) >= 11 is 1.90. The van der Waals surface area contributed by atoms with Gasteiger partial charge in [-0.2, -0.15) is 0 Å². The van der Waals surface area contributed by atoms with Crippen LogP contribution < -0.4 is 0 Å². The third kappa shape index (κ3) is 3.26. The van der Waals surface area contributed by atoms with E-state index in [0.29, 0.717) is 0 Å². The van der Waals surface area contributed by atoms with E-state index in [2.05, 4.69) is 134 Å². The Hall–Kier alpha value is -4.40. The molecule has 0 amide bonds. The van der Waals surface area contributed by atoms with Crippen LogP contribution in [0.15, 0.2) is 115 Å². The predicted molar refractivity (Wildman–Crippen MR) is 175 cm³/mol. The van der Waals surface area contributed by atoms with Crippen molar-refractivity contribution in [2.45, 2.75) is 26.7 Å². The van der Waals surface area contributed by atoms with Crippen LogP contribution in [0.3, 0.4) is 0 Å². The van der Waals surface area contributed by atoms with E-state index in [1.165, 1.54) is 87.1 Å². The molecule has 0 spiro atoms. The van der Waals surface area contributed by atoms with Gasteiger partial charge >= 0.3 is 0 Å². The fraction of sp³-hybridized carbons (Fsp3) is 0.105. The first-order valence-corrected chi connectivity index (χ1v) is 15.1. The first kappa shape index (κ1) is 23.5. The summed E-state index contributed by atoms with van der Waals surface area (Å²) < 4.78 is 5.22. The molecule has 2 aromatic heterocycles. The molecule has 0 fully saturated rings. The van der Waals surface area contributed by atoms with Crippen LogP contribution in [0, 0.1) is 0 Å². The molecule has 192 valence electrons. The topological polar surface area (TPSA) is 4.93 Å². The van der Waals surface area contributed by atoms with Crippen LogP contribution in [0.25, 0.3) is 69.6 Å². The third-order valence-electron chi connectivity index (χ3n) is 8.20. The molecule has 0 aliphatic heterocycles. The van der Waals surface area contributed by atoms with Crippen molar-refractivity contribution in [3.05, 3.63) is 126 Å². The molecule has 2 heterocycles. The lowest BCUT2D eigenvalue weighted by Crippen LogP contribution is -1.95. The van der Waals surface area contributed by atoms with Gasteiger partial charge in [0.05, 0.1) is 16.7 Å². The summed E-state index contributed by atoms with van der Waals surface area (Å²) in [6.07, 6.45) is 2.25. The van der Waals surface area contributed by atoms with Gasteiger partial charge in [0, 0.05) is 36.3 Å². The molecule has 0 atom stereocenters. The van der Waals surface area contributed by atoms with Gasteiger partial charge in [-0.1, -0.05) is 105 Å². The Bertz CT molecular complexity index is 2240. The van der Waals surface area contributed by atoms with Crippen LogP contribution in [0.5, 0.6) is 0 Å². The molecule has 2 heteroatoms. The predicted octanol–water partition coefficient (Wildman–Crippen LogP) is 11.3. The van der Waals surface area contributed by atoms with Crippen LogP contribution in [0.2, 0.25) is 0 Å². The normalized spacial score (nSPS) is 12.2. The number of rotatable bonds is 1. The van der Waals surface area contributed by atoms with Crippen LogP contribution in [0.1, 0.15) is 31.4 Å². The SMILES string of the molecule is CCC.c1ccc2c(c1)Cc1ccc3c(c1-2)c1c2c(ccc1n3-c1cccc3ccccc13)sc1ccccc12. The number of benzene rings is 6. The highest BCUT2D eigenvalue weighted by molar-refractivity contribution is 7.26. The Morgan fingerprint density at radius 2 is 1.27 bits per heavy atom. The Morgan fingerprint density at radius 3 is 2.17 bits per heavy atom. The van der Waals surface area contributed by atoms with Crippen LogP contribution >= 0.6 is 11.3 Å². The maximum absolute atomic E-state index is 2.51. The van der Waals surface area contributed by atoms with Crippen molar-refractivity contribution >= 4 is 64.1 Å². The number of fused-ring (bicyclic) bond motifs is 12. The highest BCUT2D eigenvalue weighted by Gasteiger charge is 2.26. The lowest BCUT2D eigenvalue weighted by Gasteiger charge is -2.12. The fourth-order valence-corrected chi connectivity index (χ4v) is 7.80. The quantitative estimate of drug-likeness (QED) is 0.198. The number of hydrogen-bond acceptors (Lipinski definition) is 1. The van der Waals surface area contributed by atoms with Gasteiger partial charge in [-0.15, -0.1) is 11.3 Å². The standard InChI is InChI=1S/C35H21NS.C3H8/c1-3-11-24-21(8-1)10-7-14-27(24)36-28-17-16-23-20-22-9-2-4-12-25(22)32(23)34(28)35-29(36)18-19-31-33(35)26-13-5-6-15-30(26)37-31;1-3-2/h1-19H,20H2;3H2,1-2H3. The zero-order chi connectivity index (χ0) is 26.8. The summed E-state index contributed by atoms with van der Waals surface area (Å²) in [5, 5.41) is 8.06. The van der Waals surface area contributed by atoms with E-state index in [0.717, 1.165) is 6.42 Å². The van der Waals surface area contributed by atoms with E-state index >= 15 is 0 Å². The van der Waals surface area contributed by atoms with Crippen LogP contribution in [0.4, 0.5) is 0 Å². The number of thiophene rings is 1. The minimum absolute atomic E-state index is 1.00. The number of nitrogens with zero attached hydrogens (tertiary/aromatic N) is 1. The highest BCUT2D eigenvalue weighted by atomic mass is 32.1. The van der Waals surface area contributed by atoms with Crippen molar-refractivity contribution < 1.29 is 0 Å². The Balaban J connectivity index is 0.000000786. The van der Waals surface area contributed by atoms with E-state index in [1.807, 2.05) is 11.3 Å². The van der Waals surface area contributed by atoms with Crippen molar-refractivity contribution in [1.82, 2.24) is 4.57 Å². The maximum atomic E-state index is 2.51. The molecule has 0 saturated carbocycles. The molecule has 0 bridgehead atoms. The smallest absolute Gasteiger partial charge is 0.0548 e. The number of aromatic nitrogens is 1. The molecule has 6 aromatic carbocycles. The lowest BCUT2D eigenvalue weighted by molar-refractivity contribution is 1.09. The van der Waals surface area contributed by atoms with E-state index in [1.54, 1.807) is 0 Å². The van der Waals surface area contributed by atoms with Crippen molar-refractivity contribution in [1.29, 1.82) is 0 Å². The molecule has 1 nitrogen and oxygen atoms in total. The maximum Gasteiger partial charge on any atom is 0.0548 e. The highest BCUT2D eigenvalue weighted by Crippen LogP contribution is 2.49. The van der Waals surface area contributed by atoms with E-state index in [9.17, 15) is 0 Å². The van der Waals surface area contributed by atoms with Crippen molar-refractivity contribution in [2.75, 3.05) is 0 Å². The second kappa shape index (κ2) is 9.08. The monoisotopic (exact) mass is 531 g/mol. The third-order valence-corrected chi connectivity index (χ3v) is 9.33. The lowest BCUT2D eigenvalue weighted by atomic mass is 9.97. The zero-order valence-electron chi connectivity index (χ0n) is 22.7. The minimum atomic E-state index is 1.00. The molecular formula is C38H29NS. The summed E-state index contributed by atoms with van der Waals surface area (Å²) in [6, 6.07) is 42.7. The van der Waals surface area contributed by atoms with Gasteiger partial charge in [-0.3, -0.25) is 0 Å². The van der Waals surface area contributed by atoms with Gasteiger partial charge in [-0.25, -0.2) is 0 Å². The molecule has 0 N–H and O–H groups in total. The average Bonchev–Trinajstić information content (AvgIpc) is 3.66. The molecule has 0 unspecified atom stereocenters. The molecule has 40 heavy (non-hydrogen) atoms. The molecule has 0 saturated heterocycles. The second-order valence-corrected chi connectivity index (χ2v) is 11.9. The second-order valence-electron chi connectivity index (χ2n) is 10.8. The molecule has 8 aromatic rings. The van der Waals surface area contributed by atoms with Gasteiger partial charge in [0.15, 0.2) is 0 Å². The molecule has 1 aliphatic carbocycles. The zero-order valence-corrected chi connectivity index (χ0v) is 23.6. The summed E-state index contributed by atoms with van der Waals surface area (Å²) in [4.78, 5) is 0. The van der Waals surface area contributed by atoms with E-state index in [4.69, 9.17) is 0 Å². The van der Waals surface area contributed by atoms with Gasteiger partial charge in [-0.05, 0) is 64.4 Å². The number of hydrogen-bond donors (Lipinski definition) is 0. The van der Waals surface area contributed by atoms with Gasteiger partial charge < -0.3 is 4.57 Å². The van der Waals surface area contributed by atoms with E-state index in [-0.39, 0.29) is 0 Å². The Morgan fingerprint density at radius 1 is 0.575 bits per heavy atom. The molecule has 1 aliphatic rings. The molecule has 0 radical (unpaired) electrons.